The van der Waals surface area contributed by atoms with Crippen molar-refractivity contribution in [1.82, 2.24) is 0 Å². The van der Waals surface area contributed by atoms with Crippen molar-refractivity contribution in [2.75, 3.05) is 19.8 Å². The predicted molar refractivity (Wildman–Crippen MR) is 64.2 cm³/mol. The molecule has 1 aliphatic carbocycles. The fraction of sp³-hybridized carbons (Fsp3) is 0.571. The number of hydrogen-bond acceptors (Lipinski definition) is 2. The number of hydrogen-bond donors (Lipinski definition) is 1. The SMILES string of the molecule is NCC1(C2(c3cc(F)ccc3F)COC2)CCC1. The zero-order valence-corrected chi connectivity index (χ0v) is 10.2. The molecule has 0 radical (unpaired) electrons. The van der Waals surface area contributed by atoms with Gasteiger partial charge in [0.15, 0.2) is 0 Å². The van der Waals surface area contributed by atoms with Crippen LogP contribution in [-0.2, 0) is 10.2 Å². The number of nitrogens with two attached hydrogens (primary N) is 1. The van der Waals surface area contributed by atoms with E-state index in [9.17, 15) is 8.78 Å². The number of halogens is 2. The van der Waals surface area contributed by atoms with Crippen molar-refractivity contribution in [1.29, 1.82) is 0 Å². The molecule has 1 aromatic rings. The summed E-state index contributed by atoms with van der Waals surface area (Å²) in [6.07, 6.45) is 3.06. The molecule has 2 aliphatic rings. The topological polar surface area (TPSA) is 35.2 Å². The third-order valence-electron chi connectivity index (χ3n) is 4.86. The van der Waals surface area contributed by atoms with Gasteiger partial charge in [0.05, 0.1) is 18.6 Å². The molecule has 0 unspecified atom stereocenters. The summed E-state index contributed by atoms with van der Waals surface area (Å²) < 4.78 is 32.8. The molecule has 1 heterocycles. The van der Waals surface area contributed by atoms with Gasteiger partial charge in [-0.05, 0) is 43.0 Å². The molecule has 98 valence electrons. The van der Waals surface area contributed by atoms with Crippen LogP contribution in [0.15, 0.2) is 18.2 Å². The first-order valence-corrected chi connectivity index (χ1v) is 6.37. The lowest BCUT2D eigenvalue weighted by Crippen LogP contribution is -2.64. The quantitative estimate of drug-likeness (QED) is 0.897. The summed E-state index contributed by atoms with van der Waals surface area (Å²) in [6.45, 7) is 1.40. The lowest BCUT2D eigenvalue weighted by molar-refractivity contribution is -0.155. The maximum absolute atomic E-state index is 14.0. The molecule has 2 N–H and O–H groups in total. The summed E-state index contributed by atoms with van der Waals surface area (Å²) in [5.74, 6) is -0.747. The Morgan fingerprint density at radius 2 is 1.94 bits per heavy atom. The predicted octanol–water partition coefficient (Wildman–Crippen LogP) is 2.36. The monoisotopic (exact) mass is 253 g/mol. The molecule has 0 amide bonds. The summed E-state index contributed by atoms with van der Waals surface area (Å²) >= 11 is 0. The first-order chi connectivity index (χ1) is 8.63. The normalized spacial score (nSPS) is 24.2. The summed E-state index contributed by atoms with van der Waals surface area (Å²) in [7, 11) is 0. The molecule has 2 fully saturated rings. The Kier molecular flexibility index (Phi) is 2.68. The van der Waals surface area contributed by atoms with E-state index in [1.807, 2.05) is 0 Å². The summed E-state index contributed by atoms with van der Waals surface area (Å²) in [5.41, 5.74) is 5.83. The van der Waals surface area contributed by atoms with Gasteiger partial charge in [-0.1, -0.05) is 6.42 Å². The zero-order valence-electron chi connectivity index (χ0n) is 10.2. The van der Waals surface area contributed by atoms with Gasteiger partial charge in [0.2, 0.25) is 0 Å². The highest BCUT2D eigenvalue weighted by Crippen LogP contribution is 2.58. The van der Waals surface area contributed by atoms with Crippen LogP contribution < -0.4 is 5.73 Å². The molecular weight excluding hydrogens is 236 g/mol. The molecule has 1 saturated carbocycles. The molecule has 0 aromatic heterocycles. The Morgan fingerprint density at radius 3 is 2.39 bits per heavy atom. The molecule has 0 bridgehead atoms. The largest absolute Gasteiger partial charge is 0.379 e. The molecule has 4 heteroatoms. The Hall–Kier alpha value is -1.00. The van der Waals surface area contributed by atoms with Crippen molar-refractivity contribution < 1.29 is 13.5 Å². The van der Waals surface area contributed by atoms with Crippen LogP contribution in [0.5, 0.6) is 0 Å². The molecule has 1 aliphatic heterocycles. The van der Waals surface area contributed by atoms with E-state index in [4.69, 9.17) is 10.5 Å². The Bertz CT molecular complexity index is 461. The highest BCUT2D eigenvalue weighted by Gasteiger charge is 2.59. The molecular formula is C14H17F2NO. The van der Waals surface area contributed by atoms with E-state index < -0.39 is 11.2 Å². The standard InChI is InChI=1S/C14H17F2NO/c15-10-2-3-12(16)11(6-10)14(8-18-9-14)13(7-17)4-1-5-13/h2-3,6H,1,4-5,7-9,17H2. The minimum Gasteiger partial charge on any atom is -0.379 e. The van der Waals surface area contributed by atoms with Gasteiger partial charge < -0.3 is 10.5 Å². The van der Waals surface area contributed by atoms with Crippen molar-refractivity contribution in [2.24, 2.45) is 11.1 Å². The van der Waals surface area contributed by atoms with E-state index in [1.165, 1.54) is 12.1 Å². The van der Waals surface area contributed by atoms with Gasteiger partial charge >= 0.3 is 0 Å². The molecule has 0 atom stereocenters. The fourth-order valence-electron chi connectivity index (χ4n) is 3.40. The second kappa shape index (κ2) is 4.00. The first kappa shape index (κ1) is 12.1. The summed E-state index contributed by atoms with van der Waals surface area (Å²) in [6, 6.07) is 3.67. The van der Waals surface area contributed by atoms with E-state index in [-0.39, 0.29) is 11.2 Å². The number of benzene rings is 1. The van der Waals surface area contributed by atoms with Crippen LogP contribution >= 0.6 is 0 Å². The molecule has 3 rings (SSSR count). The fourth-order valence-corrected chi connectivity index (χ4v) is 3.40. The molecule has 1 aromatic carbocycles. The van der Waals surface area contributed by atoms with E-state index in [1.54, 1.807) is 0 Å². The lowest BCUT2D eigenvalue weighted by Gasteiger charge is -2.60. The number of ether oxygens (including phenoxy) is 1. The minimum atomic E-state index is -0.424. The summed E-state index contributed by atoms with van der Waals surface area (Å²) in [4.78, 5) is 0. The van der Waals surface area contributed by atoms with Crippen LogP contribution in [0.3, 0.4) is 0 Å². The van der Waals surface area contributed by atoms with Gasteiger partial charge in [-0.3, -0.25) is 0 Å². The van der Waals surface area contributed by atoms with E-state index in [0.29, 0.717) is 25.3 Å². The van der Waals surface area contributed by atoms with E-state index in [2.05, 4.69) is 0 Å². The first-order valence-electron chi connectivity index (χ1n) is 6.37. The highest BCUT2D eigenvalue weighted by atomic mass is 19.1. The summed E-state index contributed by atoms with van der Waals surface area (Å²) in [5, 5.41) is 0. The van der Waals surface area contributed by atoms with Crippen LogP contribution in [-0.4, -0.2) is 19.8 Å². The van der Waals surface area contributed by atoms with Gasteiger partial charge in [-0.15, -0.1) is 0 Å². The number of rotatable bonds is 3. The maximum atomic E-state index is 14.0. The molecule has 18 heavy (non-hydrogen) atoms. The second-order valence-corrected chi connectivity index (χ2v) is 5.54. The Morgan fingerprint density at radius 1 is 1.22 bits per heavy atom. The van der Waals surface area contributed by atoms with Gasteiger partial charge in [0.1, 0.15) is 11.6 Å². The van der Waals surface area contributed by atoms with Crippen molar-refractivity contribution in [3.63, 3.8) is 0 Å². The van der Waals surface area contributed by atoms with Gasteiger partial charge in [0.25, 0.3) is 0 Å². The molecule has 1 saturated heterocycles. The molecule has 0 spiro atoms. The third kappa shape index (κ3) is 1.39. The van der Waals surface area contributed by atoms with Crippen LogP contribution in [0, 0.1) is 17.0 Å². The Balaban J connectivity index is 2.08. The third-order valence-corrected chi connectivity index (χ3v) is 4.86. The Labute approximate surface area is 105 Å². The van der Waals surface area contributed by atoms with Crippen LogP contribution in [0.2, 0.25) is 0 Å². The van der Waals surface area contributed by atoms with Crippen LogP contribution in [0.4, 0.5) is 8.78 Å². The van der Waals surface area contributed by atoms with Crippen molar-refractivity contribution >= 4 is 0 Å². The smallest absolute Gasteiger partial charge is 0.127 e. The van der Waals surface area contributed by atoms with Gasteiger partial charge in [-0.2, -0.15) is 0 Å². The maximum Gasteiger partial charge on any atom is 0.127 e. The minimum absolute atomic E-state index is 0.111. The second-order valence-electron chi connectivity index (χ2n) is 5.54. The average molecular weight is 253 g/mol. The van der Waals surface area contributed by atoms with Gasteiger partial charge in [-0.25, -0.2) is 8.78 Å². The van der Waals surface area contributed by atoms with Crippen LogP contribution in [0.1, 0.15) is 24.8 Å². The lowest BCUT2D eigenvalue weighted by atomic mass is 9.49. The van der Waals surface area contributed by atoms with Crippen LogP contribution in [0.25, 0.3) is 0 Å². The van der Waals surface area contributed by atoms with E-state index in [0.717, 1.165) is 25.3 Å². The van der Waals surface area contributed by atoms with E-state index >= 15 is 0 Å². The van der Waals surface area contributed by atoms with Gasteiger partial charge in [0, 0.05) is 5.56 Å². The van der Waals surface area contributed by atoms with Crippen molar-refractivity contribution in [2.45, 2.75) is 24.7 Å². The highest BCUT2D eigenvalue weighted by molar-refractivity contribution is 5.35. The molecule has 2 nitrogen and oxygen atoms in total. The zero-order chi connectivity index (χ0) is 12.8. The van der Waals surface area contributed by atoms with Crippen molar-refractivity contribution in [3.8, 4) is 0 Å². The van der Waals surface area contributed by atoms with Crippen molar-refractivity contribution in [3.05, 3.63) is 35.4 Å². The average Bonchev–Trinajstić information content (AvgIpc) is 2.25.